The number of likely N-dealkylation sites (N-methyl/N-ethyl adjacent to an activating group) is 2. The quantitative estimate of drug-likeness (QED) is 0.247. The van der Waals surface area contributed by atoms with Gasteiger partial charge < -0.3 is 30.5 Å². The highest BCUT2D eigenvalue weighted by Gasteiger charge is 2.17. The van der Waals surface area contributed by atoms with Crippen molar-refractivity contribution in [2.24, 2.45) is 0 Å². The molecule has 0 aliphatic heterocycles. The molecule has 3 aromatic rings. The molecule has 0 bridgehead atoms. The number of rotatable bonds is 13. The maximum atomic E-state index is 12.5. The molecule has 39 heavy (non-hydrogen) atoms. The summed E-state index contributed by atoms with van der Waals surface area (Å²) in [5, 5.41) is 9.50. The molecule has 0 radical (unpaired) electrons. The summed E-state index contributed by atoms with van der Waals surface area (Å²) in [6, 6.07) is 10.9. The van der Waals surface area contributed by atoms with Gasteiger partial charge >= 0.3 is 0 Å². The Morgan fingerprint density at radius 3 is 2.54 bits per heavy atom. The molecule has 1 heterocycles. The lowest BCUT2D eigenvalue weighted by atomic mass is 10.2. The number of halogens is 1. The lowest BCUT2D eigenvalue weighted by Crippen LogP contribution is -2.29. The van der Waals surface area contributed by atoms with Gasteiger partial charge in [0.05, 0.1) is 51.8 Å². The van der Waals surface area contributed by atoms with Crippen molar-refractivity contribution in [2.75, 3.05) is 67.9 Å². The molecule has 1 atom stereocenters. The number of nitrogens with one attached hydrogen (secondary N) is 3. The maximum Gasteiger partial charge on any atom is 0.247 e. The molecule has 10 nitrogen and oxygen atoms in total. The van der Waals surface area contributed by atoms with Crippen LogP contribution in [0.1, 0.15) is 6.92 Å². The van der Waals surface area contributed by atoms with Crippen LogP contribution in [0.15, 0.2) is 60.1 Å². The zero-order valence-electron chi connectivity index (χ0n) is 22.7. The summed E-state index contributed by atoms with van der Waals surface area (Å²) in [5.41, 5.74) is 2.51. The van der Waals surface area contributed by atoms with Crippen LogP contribution in [0.3, 0.4) is 0 Å². The van der Waals surface area contributed by atoms with Crippen LogP contribution in [0.2, 0.25) is 5.02 Å². The lowest BCUT2D eigenvalue weighted by molar-refractivity contribution is -0.111. The number of carbonyl (C=O) groups is 1. The Morgan fingerprint density at radius 1 is 1.13 bits per heavy atom. The summed E-state index contributed by atoms with van der Waals surface area (Å²) >= 11 is 6.40. The molecule has 1 amide bonds. The fourth-order valence-corrected chi connectivity index (χ4v) is 4.64. The molecule has 0 saturated carbocycles. The Morgan fingerprint density at radius 2 is 1.87 bits per heavy atom. The second-order valence-electron chi connectivity index (χ2n) is 8.76. The van der Waals surface area contributed by atoms with Gasteiger partial charge in [0.1, 0.15) is 10.8 Å². The maximum absolute atomic E-state index is 12.5. The smallest absolute Gasteiger partial charge is 0.247 e. The molecule has 0 aliphatic rings. The number of nitrogens with zero attached hydrogens (tertiary/aromatic N) is 4. The van der Waals surface area contributed by atoms with Crippen LogP contribution < -0.4 is 25.6 Å². The van der Waals surface area contributed by atoms with Gasteiger partial charge in [-0.15, -0.1) is 0 Å². The number of ether oxygens (including phenoxy) is 1. The topological polar surface area (TPSA) is 112 Å². The number of anilines is 6. The first-order chi connectivity index (χ1) is 18.7. The zero-order valence-corrected chi connectivity index (χ0v) is 24.3. The minimum absolute atomic E-state index is 0.240. The highest BCUT2D eigenvalue weighted by Crippen LogP contribution is 2.38. The predicted octanol–water partition coefficient (Wildman–Crippen LogP) is 4.88. The molecule has 3 rings (SSSR count). The molecular formula is C27H34ClN7O3S. The van der Waals surface area contributed by atoms with E-state index >= 15 is 0 Å². The van der Waals surface area contributed by atoms with E-state index < -0.39 is 10.8 Å². The number of hydrogen-bond acceptors (Lipinski definition) is 9. The van der Waals surface area contributed by atoms with Gasteiger partial charge in [0.15, 0.2) is 5.82 Å². The summed E-state index contributed by atoms with van der Waals surface area (Å²) in [5.74, 6) is 1.24. The monoisotopic (exact) mass is 571 g/mol. The molecule has 208 valence electrons. The van der Waals surface area contributed by atoms with Crippen LogP contribution in [-0.2, 0) is 15.6 Å². The standard InChI is InChI=1S/C27H34ClN7O3S/c1-7-25(36)30-20-15-21(23(38-6)16-22(20)35(5)14-13-34(3)4)32-27-29-17-18(28)26(33-27)31-19-11-9-10-12-24(19)39(37)8-2/h7,9-12,15-17H,1,8,13-14H2,2-6H3,(H,30,36)(H2,29,31,32,33)/t39-/m0/s1. The molecular weight excluding hydrogens is 538 g/mol. The van der Waals surface area contributed by atoms with E-state index in [0.29, 0.717) is 44.3 Å². The SMILES string of the molecule is C=CC(=O)Nc1cc(Nc2ncc(Cl)c(Nc3ccccc3[S@@](=O)CC)n2)c(OC)cc1N(C)CCN(C)C. The largest absolute Gasteiger partial charge is 0.494 e. The Labute approximate surface area is 236 Å². The molecule has 0 spiro atoms. The van der Waals surface area contributed by atoms with Crippen LogP contribution in [0, 0.1) is 0 Å². The number of hydrogen-bond donors (Lipinski definition) is 3. The molecule has 0 aliphatic carbocycles. The lowest BCUT2D eigenvalue weighted by Gasteiger charge is -2.26. The third kappa shape index (κ3) is 7.92. The fourth-order valence-electron chi connectivity index (χ4n) is 3.59. The second kappa shape index (κ2) is 13.9. The average molecular weight is 572 g/mol. The van der Waals surface area contributed by atoms with Gasteiger partial charge in [-0.3, -0.25) is 9.00 Å². The van der Waals surface area contributed by atoms with Crippen LogP contribution >= 0.6 is 11.6 Å². The van der Waals surface area contributed by atoms with E-state index in [1.54, 1.807) is 19.2 Å². The molecule has 0 unspecified atom stereocenters. The van der Waals surface area contributed by atoms with E-state index in [9.17, 15) is 9.00 Å². The summed E-state index contributed by atoms with van der Waals surface area (Å²) in [6.07, 6.45) is 2.68. The summed E-state index contributed by atoms with van der Waals surface area (Å²) < 4.78 is 18.2. The third-order valence-corrected chi connectivity index (χ3v) is 7.34. The van der Waals surface area contributed by atoms with Gasteiger partial charge in [0, 0.05) is 32.0 Å². The van der Waals surface area contributed by atoms with Crippen molar-refractivity contribution < 1.29 is 13.7 Å². The van der Waals surface area contributed by atoms with Gasteiger partial charge in [0.2, 0.25) is 11.9 Å². The summed E-state index contributed by atoms with van der Waals surface area (Å²) in [7, 11) is 6.33. The van der Waals surface area contributed by atoms with Crippen LogP contribution in [0.5, 0.6) is 5.75 Å². The van der Waals surface area contributed by atoms with E-state index in [1.807, 2.05) is 57.2 Å². The number of methoxy groups -OCH3 is 1. The first-order valence-electron chi connectivity index (χ1n) is 12.2. The first-order valence-corrected chi connectivity index (χ1v) is 13.9. The second-order valence-corrected chi connectivity index (χ2v) is 10.9. The van der Waals surface area contributed by atoms with E-state index in [-0.39, 0.29) is 11.9 Å². The number of aromatic nitrogens is 2. The Bertz CT molecular complexity index is 1350. The van der Waals surface area contributed by atoms with E-state index in [4.69, 9.17) is 16.3 Å². The molecule has 0 fully saturated rings. The predicted molar refractivity (Wildman–Crippen MR) is 161 cm³/mol. The van der Waals surface area contributed by atoms with E-state index in [1.165, 1.54) is 12.3 Å². The van der Waals surface area contributed by atoms with E-state index in [2.05, 4.69) is 37.4 Å². The first kappa shape index (κ1) is 29.9. The number of benzene rings is 2. The fraction of sp³-hybridized carbons (Fsp3) is 0.296. The zero-order chi connectivity index (χ0) is 28.5. The summed E-state index contributed by atoms with van der Waals surface area (Å²) in [6.45, 7) is 6.95. The molecule has 1 aromatic heterocycles. The highest BCUT2D eigenvalue weighted by molar-refractivity contribution is 7.85. The minimum Gasteiger partial charge on any atom is -0.494 e. The molecule has 12 heteroatoms. The Hall–Kier alpha value is -3.67. The average Bonchev–Trinajstić information content (AvgIpc) is 2.93. The van der Waals surface area contributed by atoms with Crippen LogP contribution in [-0.4, -0.2) is 72.1 Å². The van der Waals surface area contributed by atoms with Gasteiger partial charge in [-0.25, -0.2) is 4.98 Å². The van der Waals surface area contributed by atoms with Crippen molar-refractivity contribution in [2.45, 2.75) is 11.8 Å². The number of para-hydroxylation sites is 1. The van der Waals surface area contributed by atoms with Crippen molar-refractivity contribution in [3.8, 4) is 5.75 Å². The van der Waals surface area contributed by atoms with Crippen LogP contribution in [0.25, 0.3) is 0 Å². The van der Waals surface area contributed by atoms with Crippen molar-refractivity contribution in [1.82, 2.24) is 14.9 Å². The molecule has 3 N–H and O–H groups in total. The highest BCUT2D eigenvalue weighted by atomic mass is 35.5. The van der Waals surface area contributed by atoms with Crippen molar-refractivity contribution in [1.29, 1.82) is 0 Å². The Kier molecular flexibility index (Phi) is 10.7. The van der Waals surface area contributed by atoms with Gasteiger partial charge in [-0.2, -0.15) is 4.98 Å². The number of carbonyl (C=O) groups excluding carboxylic acids is 1. The normalized spacial score (nSPS) is 11.6. The third-order valence-electron chi connectivity index (χ3n) is 5.69. The van der Waals surface area contributed by atoms with Crippen molar-refractivity contribution >= 4 is 62.8 Å². The van der Waals surface area contributed by atoms with Gasteiger partial charge in [-0.1, -0.05) is 37.2 Å². The molecule has 2 aromatic carbocycles. The molecule has 0 saturated heterocycles. The number of amides is 1. The summed E-state index contributed by atoms with van der Waals surface area (Å²) in [4.78, 5) is 25.8. The van der Waals surface area contributed by atoms with Gasteiger partial charge in [0.25, 0.3) is 0 Å². The Balaban J connectivity index is 1.97. The van der Waals surface area contributed by atoms with Crippen molar-refractivity contribution in [3.05, 3.63) is 60.3 Å². The van der Waals surface area contributed by atoms with Crippen molar-refractivity contribution in [3.63, 3.8) is 0 Å². The van der Waals surface area contributed by atoms with E-state index in [0.717, 1.165) is 18.8 Å². The van der Waals surface area contributed by atoms with Crippen LogP contribution in [0.4, 0.5) is 34.5 Å². The van der Waals surface area contributed by atoms with Gasteiger partial charge in [-0.05, 0) is 38.4 Å². The minimum atomic E-state index is -1.17.